The van der Waals surface area contributed by atoms with Gasteiger partial charge in [-0.2, -0.15) is 0 Å². The Kier molecular flexibility index (Phi) is 4.60. The van der Waals surface area contributed by atoms with Crippen molar-refractivity contribution in [1.82, 2.24) is 9.97 Å². The number of nitrogens with one attached hydrogen (secondary N) is 1. The number of hydrogen-bond acceptors (Lipinski definition) is 5. The molecule has 19 heavy (non-hydrogen) atoms. The first-order valence-corrected chi connectivity index (χ1v) is 7.58. The molecule has 4 nitrogen and oxygen atoms in total. The van der Waals surface area contributed by atoms with E-state index in [1.807, 2.05) is 13.8 Å². The molecule has 2 aromatic rings. The van der Waals surface area contributed by atoms with Crippen LogP contribution >= 0.6 is 22.9 Å². The van der Waals surface area contributed by atoms with Gasteiger partial charge in [0.25, 0.3) is 0 Å². The highest BCUT2D eigenvalue weighted by molar-refractivity contribution is 7.18. The van der Waals surface area contributed by atoms with Crippen LogP contribution in [0.25, 0.3) is 10.2 Å². The van der Waals surface area contributed by atoms with Crippen LogP contribution in [-0.2, 0) is 6.42 Å². The third-order valence-corrected chi connectivity index (χ3v) is 4.61. The SMILES string of the molecule is CCc1cc2c(NC(C)C(C)CO)nc(Cl)nc2s1. The standard InChI is InChI=1S/C13H18ClN3OS/c1-4-9-5-10-11(15-8(3)7(2)6-18)16-13(14)17-12(10)19-9/h5,7-8,18H,4,6H2,1-3H3,(H,15,16,17). The summed E-state index contributed by atoms with van der Waals surface area (Å²) in [6.45, 7) is 6.27. The molecule has 0 aromatic carbocycles. The van der Waals surface area contributed by atoms with Crippen molar-refractivity contribution < 1.29 is 5.11 Å². The van der Waals surface area contributed by atoms with E-state index in [1.165, 1.54) is 4.88 Å². The number of halogens is 1. The van der Waals surface area contributed by atoms with E-state index in [-0.39, 0.29) is 23.9 Å². The fraction of sp³-hybridized carbons (Fsp3) is 0.538. The first-order valence-electron chi connectivity index (χ1n) is 6.38. The number of anilines is 1. The van der Waals surface area contributed by atoms with Crippen LogP contribution in [0.1, 0.15) is 25.6 Å². The van der Waals surface area contributed by atoms with Crippen molar-refractivity contribution in [3.8, 4) is 0 Å². The minimum absolute atomic E-state index is 0.115. The number of fused-ring (bicyclic) bond motifs is 1. The molecule has 0 aliphatic heterocycles. The van der Waals surface area contributed by atoms with E-state index >= 15 is 0 Å². The summed E-state index contributed by atoms with van der Waals surface area (Å²) in [5.41, 5.74) is 0. The van der Waals surface area contributed by atoms with Gasteiger partial charge in [-0.25, -0.2) is 9.97 Å². The number of thiophene rings is 1. The fourth-order valence-corrected chi connectivity index (χ4v) is 2.93. The summed E-state index contributed by atoms with van der Waals surface area (Å²) in [6, 6.07) is 2.22. The van der Waals surface area contributed by atoms with Crippen LogP contribution in [0.15, 0.2) is 6.07 Å². The van der Waals surface area contributed by atoms with Crippen molar-refractivity contribution in [2.75, 3.05) is 11.9 Å². The number of rotatable bonds is 5. The molecule has 2 heterocycles. The van der Waals surface area contributed by atoms with Gasteiger partial charge in [0.1, 0.15) is 10.6 Å². The molecule has 0 spiro atoms. The lowest BCUT2D eigenvalue weighted by Crippen LogP contribution is -2.26. The van der Waals surface area contributed by atoms with E-state index in [1.54, 1.807) is 11.3 Å². The molecule has 0 fully saturated rings. The van der Waals surface area contributed by atoms with E-state index in [9.17, 15) is 5.11 Å². The van der Waals surface area contributed by atoms with Gasteiger partial charge >= 0.3 is 0 Å². The Balaban J connectivity index is 2.38. The number of hydrogen-bond donors (Lipinski definition) is 2. The van der Waals surface area contributed by atoms with Gasteiger partial charge in [0.15, 0.2) is 0 Å². The van der Waals surface area contributed by atoms with Crippen LogP contribution in [0.5, 0.6) is 0 Å². The fourth-order valence-electron chi connectivity index (χ4n) is 1.75. The van der Waals surface area contributed by atoms with Gasteiger partial charge in [0.05, 0.1) is 5.39 Å². The quantitative estimate of drug-likeness (QED) is 0.832. The van der Waals surface area contributed by atoms with Crippen molar-refractivity contribution in [1.29, 1.82) is 0 Å². The van der Waals surface area contributed by atoms with Gasteiger partial charge in [0, 0.05) is 17.5 Å². The van der Waals surface area contributed by atoms with Crippen LogP contribution in [0, 0.1) is 5.92 Å². The first kappa shape index (κ1) is 14.5. The summed E-state index contributed by atoms with van der Waals surface area (Å²) >= 11 is 7.61. The Morgan fingerprint density at radius 1 is 1.42 bits per heavy atom. The molecule has 2 N–H and O–H groups in total. The third-order valence-electron chi connectivity index (χ3n) is 3.27. The highest BCUT2D eigenvalue weighted by Gasteiger charge is 2.15. The van der Waals surface area contributed by atoms with Gasteiger partial charge in [-0.05, 0) is 36.9 Å². The van der Waals surface area contributed by atoms with Crippen LogP contribution in [-0.4, -0.2) is 27.7 Å². The number of aliphatic hydroxyl groups excluding tert-OH is 1. The molecule has 0 radical (unpaired) electrons. The average Bonchev–Trinajstić information content (AvgIpc) is 2.80. The van der Waals surface area contributed by atoms with E-state index in [4.69, 9.17) is 11.6 Å². The molecular weight excluding hydrogens is 282 g/mol. The monoisotopic (exact) mass is 299 g/mol. The molecule has 0 aliphatic rings. The Hall–Kier alpha value is -0.910. The second-order valence-corrected chi connectivity index (χ2v) is 6.17. The minimum Gasteiger partial charge on any atom is -0.396 e. The summed E-state index contributed by atoms with van der Waals surface area (Å²) < 4.78 is 0. The zero-order valence-corrected chi connectivity index (χ0v) is 12.8. The lowest BCUT2D eigenvalue weighted by molar-refractivity contribution is 0.226. The molecule has 6 heteroatoms. The molecule has 2 rings (SSSR count). The molecule has 0 aliphatic carbocycles. The summed E-state index contributed by atoms with van der Waals surface area (Å²) in [6.07, 6.45) is 0.973. The number of aliphatic hydroxyl groups is 1. The molecule has 0 bridgehead atoms. The maximum Gasteiger partial charge on any atom is 0.225 e. The summed E-state index contributed by atoms with van der Waals surface area (Å²) in [4.78, 5) is 10.7. The molecule has 2 unspecified atom stereocenters. The predicted octanol–water partition coefficient (Wildman–Crippen LogP) is 3.34. The van der Waals surface area contributed by atoms with Crippen molar-refractivity contribution in [3.05, 3.63) is 16.2 Å². The highest BCUT2D eigenvalue weighted by atomic mass is 35.5. The summed E-state index contributed by atoms with van der Waals surface area (Å²) in [5.74, 6) is 0.895. The highest BCUT2D eigenvalue weighted by Crippen LogP contribution is 2.31. The smallest absolute Gasteiger partial charge is 0.225 e. The zero-order chi connectivity index (χ0) is 14.0. The van der Waals surface area contributed by atoms with Gasteiger partial charge in [-0.15, -0.1) is 11.3 Å². The van der Waals surface area contributed by atoms with Crippen molar-refractivity contribution in [2.45, 2.75) is 33.2 Å². The van der Waals surface area contributed by atoms with Crippen molar-refractivity contribution in [2.24, 2.45) is 5.92 Å². The summed E-state index contributed by atoms with van der Waals surface area (Å²) in [7, 11) is 0. The Bertz CT molecular complexity index is 572. The van der Waals surface area contributed by atoms with E-state index in [0.29, 0.717) is 0 Å². The molecule has 104 valence electrons. The Morgan fingerprint density at radius 2 is 2.16 bits per heavy atom. The number of nitrogens with zero attached hydrogens (tertiary/aromatic N) is 2. The van der Waals surface area contributed by atoms with Gasteiger partial charge in [0.2, 0.25) is 5.28 Å². The second-order valence-electron chi connectivity index (χ2n) is 4.72. The van der Waals surface area contributed by atoms with Crippen molar-refractivity contribution in [3.63, 3.8) is 0 Å². The number of aryl methyl sites for hydroxylation is 1. The third kappa shape index (κ3) is 3.16. The number of aromatic nitrogens is 2. The normalized spacial score (nSPS) is 14.6. The molecule has 0 amide bonds. The van der Waals surface area contributed by atoms with Crippen molar-refractivity contribution >= 4 is 39.0 Å². The van der Waals surface area contributed by atoms with Gasteiger partial charge in [-0.1, -0.05) is 13.8 Å². The summed E-state index contributed by atoms with van der Waals surface area (Å²) in [5, 5.41) is 13.8. The first-order chi connectivity index (χ1) is 9.05. The van der Waals surface area contributed by atoms with E-state index < -0.39 is 0 Å². The Morgan fingerprint density at radius 3 is 2.79 bits per heavy atom. The van der Waals surface area contributed by atoms with Gasteiger partial charge < -0.3 is 10.4 Å². The van der Waals surface area contributed by atoms with E-state index in [2.05, 4.69) is 28.3 Å². The van der Waals surface area contributed by atoms with Crippen LogP contribution in [0.2, 0.25) is 5.28 Å². The average molecular weight is 300 g/mol. The zero-order valence-electron chi connectivity index (χ0n) is 11.3. The molecule has 0 saturated carbocycles. The Labute approximate surface area is 121 Å². The van der Waals surface area contributed by atoms with Crippen LogP contribution in [0.4, 0.5) is 5.82 Å². The lowest BCUT2D eigenvalue weighted by atomic mass is 10.1. The molecule has 2 aromatic heterocycles. The largest absolute Gasteiger partial charge is 0.396 e. The predicted molar refractivity (Wildman–Crippen MR) is 81.1 cm³/mol. The maximum atomic E-state index is 9.20. The molecule has 2 atom stereocenters. The van der Waals surface area contributed by atoms with Crippen LogP contribution < -0.4 is 5.32 Å². The lowest BCUT2D eigenvalue weighted by Gasteiger charge is -2.20. The maximum absolute atomic E-state index is 9.20. The van der Waals surface area contributed by atoms with Crippen LogP contribution in [0.3, 0.4) is 0 Å². The topological polar surface area (TPSA) is 58.0 Å². The van der Waals surface area contributed by atoms with E-state index in [0.717, 1.165) is 22.5 Å². The second kappa shape index (κ2) is 6.03. The molecular formula is C13H18ClN3OS. The minimum atomic E-state index is 0.115. The molecule has 0 saturated heterocycles. The van der Waals surface area contributed by atoms with Gasteiger partial charge in [-0.3, -0.25) is 0 Å².